The van der Waals surface area contributed by atoms with Gasteiger partial charge >= 0.3 is 0 Å². The second-order valence-corrected chi connectivity index (χ2v) is 6.30. The van der Waals surface area contributed by atoms with E-state index in [4.69, 9.17) is 4.52 Å². The largest absolute Gasteiger partial charge is 0.339 e. The highest BCUT2D eigenvalue weighted by molar-refractivity contribution is 7.08. The van der Waals surface area contributed by atoms with E-state index in [0.717, 1.165) is 16.6 Å². The van der Waals surface area contributed by atoms with Crippen LogP contribution in [0, 0.1) is 6.92 Å². The summed E-state index contributed by atoms with van der Waals surface area (Å²) in [5.41, 5.74) is 3.08. The third-order valence-corrected chi connectivity index (χ3v) is 4.38. The van der Waals surface area contributed by atoms with Crippen molar-refractivity contribution in [3.63, 3.8) is 0 Å². The van der Waals surface area contributed by atoms with Crippen LogP contribution in [-0.4, -0.2) is 31.2 Å². The molecule has 0 atom stereocenters. The number of carbonyl (C=O) groups excluding carboxylic acids is 1. The van der Waals surface area contributed by atoms with E-state index in [9.17, 15) is 4.79 Å². The maximum atomic E-state index is 12.1. The van der Waals surface area contributed by atoms with Crippen LogP contribution in [0.25, 0.3) is 22.4 Å². The minimum Gasteiger partial charge on any atom is -0.339 e. The number of aromatic nitrogens is 5. The van der Waals surface area contributed by atoms with E-state index < -0.39 is 0 Å². The Bertz CT molecular complexity index is 1020. The van der Waals surface area contributed by atoms with Crippen molar-refractivity contribution >= 4 is 34.0 Å². The number of anilines is 1. The van der Waals surface area contributed by atoms with Crippen LogP contribution in [0.1, 0.15) is 18.0 Å². The second-order valence-electron chi connectivity index (χ2n) is 5.52. The summed E-state index contributed by atoms with van der Waals surface area (Å²) in [5, 5.41) is 18.5. The Hall–Kier alpha value is -3.07. The predicted octanol–water partition coefficient (Wildman–Crippen LogP) is 2.95. The van der Waals surface area contributed by atoms with E-state index in [1.165, 1.54) is 0 Å². The zero-order valence-corrected chi connectivity index (χ0v) is 14.1. The molecule has 0 saturated carbocycles. The summed E-state index contributed by atoms with van der Waals surface area (Å²) in [6, 6.07) is 3.77. The standard InChI is InChI=1S/C16H14N6O2S/c1-9-12-6-11(7-17-16(12)21-20-9)18-13(23)2-3-14-19-15(22-24-14)10-4-5-25-8-10/h4-8H,2-3H2,1H3,(H,18,23)(H,17,20,21). The van der Waals surface area contributed by atoms with Gasteiger partial charge in [0.05, 0.1) is 11.9 Å². The van der Waals surface area contributed by atoms with Crippen molar-refractivity contribution in [1.29, 1.82) is 0 Å². The molecular weight excluding hydrogens is 340 g/mol. The lowest BCUT2D eigenvalue weighted by Crippen LogP contribution is -2.12. The fourth-order valence-corrected chi connectivity index (χ4v) is 3.03. The molecule has 4 aromatic rings. The summed E-state index contributed by atoms with van der Waals surface area (Å²) in [6.45, 7) is 1.91. The number of carbonyl (C=O) groups is 1. The van der Waals surface area contributed by atoms with Crippen LogP contribution < -0.4 is 5.32 Å². The van der Waals surface area contributed by atoms with Gasteiger partial charge in [0, 0.05) is 34.9 Å². The van der Waals surface area contributed by atoms with Gasteiger partial charge < -0.3 is 9.84 Å². The fraction of sp³-hybridized carbons (Fsp3) is 0.188. The number of rotatable bonds is 5. The lowest BCUT2D eigenvalue weighted by molar-refractivity contribution is -0.116. The summed E-state index contributed by atoms with van der Waals surface area (Å²) in [7, 11) is 0. The van der Waals surface area contributed by atoms with E-state index in [-0.39, 0.29) is 12.3 Å². The molecule has 0 aliphatic carbocycles. The van der Waals surface area contributed by atoms with Crippen molar-refractivity contribution in [2.45, 2.75) is 19.8 Å². The van der Waals surface area contributed by atoms with Gasteiger partial charge in [0.25, 0.3) is 0 Å². The van der Waals surface area contributed by atoms with Gasteiger partial charge in [-0.15, -0.1) is 0 Å². The van der Waals surface area contributed by atoms with E-state index in [1.807, 2.05) is 29.8 Å². The first-order valence-electron chi connectivity index (χ1n) is 7.65. The first-order valence-corrected chi connectivity index (χ1v) is 8.59. The highest BCUT2D eigenvalue weighted by Crippen LogP contribution is 2.20. The fourth-order valence-electron chi connectivity index (χ4n) is 2.40. The van der Waals surface area contributed by atoms with Crippen LogP contribution in [-0.2, 0) is 11.2 Å². The van der Waals surface area contributed by atoms with Crippen LogP contribution in [0.3, 0.4) is 0 Å². The number of aromatic amines is 1. The lowest BCUT2D eigenvalue weighted by Gasteiger charge is -2.03. The molecule has 1 amide bonds. The summed E-state index contributed by atoms with van der Waals surface area (Å²) in [5.74, 6) is 0.843. The molecule has 0 aliphatic rings. The molecule has 0 spiro atoms. The average Bonchev–Trinajstić information content (AvgIpc) is 3.34. The molecule has 0 aliphatic heterocycles. The average molecular weight is 354 g/mol. The summed E-state index contributed by atoms with van der Waals surface area (Å²) in [4.78, 5) is 20.6. The predicted molar refractivity (Wildman–Crippen MR) is 93.2 cm³/mol. The SMILES string of the molecule is Cc1[nH]nc2ncc(NC(=O)CCc3nc(-c4ccsc4)no3)cc12. The molecule has 0 saturated heterocycles. The Kier molecular flexibility index (Phi) is 3.98. The molecule has 0 radical (unpaired) electrons. The highest BCUT2D eigenvalue weighted by Gasteiger charge is 2.12. The van der Waals surface area contributed by atoms with Crippen LogP contribution >= 0.6 is 11.3 Å². The van der Waals surface area contributed by atoms with Crippen molar-refractivity contribution in [1.82, 2.24) is 25.3 Å². The summed E-state index contributed by atoms with van der Waals surface area (Å²) in [6.07, 6.45) is 2.21. The van der Waals surface area contributed by atoms with Gasteiger partial charge in [0.15, 0.2) is 5.65 Å². The van der Waals surface area contributed by atoms with Gasteiger partial charge in [-0.2, -0.15) is 21.4 Å². The van der Waals surface area contributed by atoms with E-state index in [1.54, 1.807) is 17.5 Å². The molecule has 4 aromatic heterocycles. The molecule has 0 unspecified atom stereocenters. The van der Waals surface area contributed by atoms with Gasteiger partial charge in [-0.05, 0) is 24.4 Å². The van der Waals surface area contributed by atoms with E-state index >= 15 is 0 Å². The first kappa shape index (κ1) is 15.5. The number of H-pyrrole nitrogens is 1. The third kappa shape index (κ3) is 3.26. The van der Waals surface area contributed by atoms with Gasteiger partial charge in [-0.3, -0.25) is 9.89 Å². The third-order valence-electron chi connectivity index (χ3n) is 3.70. The molecule has 0 fully saturated rings. The zero-order chi connectivity index (χ0) is 17.2. The minimum absolute atomic E-state index is 0.141. The van der Waals surface area contributed by atoms with Gasteiger partial charge in [-0.25, -0.2) is 4.98 Å². The van der Waals surface area contributed by atoms with Crippen LogP contribution in [0.4, 0.5) is 5.69 Å². The quantitative estimate of drug-likeness (QED) is 0.570. The maximum absolute atomic E-state index is 12.1. The van der Waals surface area contributed by atoms with Crippen LogP contribution in [0.2, 0.25) is 0 Å². The van der Waals surface area contributed by atoms with Crippen molar-refractivity contribution in [3.8, 4) is 11.4 Å². The molecule has 0 bridgehead atoms. The Morgan fingerprint density at radius 2 is 2.36 bits per heavy atom. The Balaban J connectivity index is 1.38. The number of thiophene rings is 1. The number of nitrogens with zero attached hydrogens (tertiary/aromatic N) is 4. The van der Waals surface area contributed by atoms with Gasteiger partial charge in [0.2, 0.25) is 17.6 Å². The number of fused-ring (bicyclic) bond motifs is 1. The number of hydrogen-bond acceptors (Lipinski definition) is 7. The van der Waals surface area contributed by atoms with Crippen molar-refractivity contribution in [2.24, 2.45) is 0 Å². The maximum Gasteiger partial charge on any atom is 0.227 e. The zero-order valence-electron chi connectivity index (χ0n) is 13.3. The molecular formula is C16H14N6O2S. The number of nitrogens with one attached hydrogen (secondary N) is 2. The minimum atomic E-state index is -0.141. The number of hydrogen-bond donors (Lipinski definition) is 2. The molecule has 9 heteroatoms. The molecule has 8 nitrogen and oxygen atoms in total. The normalized spacial score (nSPS) is 11.1. The molecule has 0 aromatic carbocycles. The molecule has 126 valence electrons. The Labute approximate surface area is 146 Å². The number of aryl methyl sites for hydroxylation is 2. The molecule has 4 heterocycles. The number of pyridine rings is 1. The molecule has 2 N–H and O–H groups in total. The van der Waals surface area contributed by atoms with E-state index in [0.29, 0.717) is 29.5 Å². The first-order chi connectivity index (χ1) is 12.2. The monoisotopic (exact) mass is 354 g/mol. The van der Waals surface area contributed by atoms with Gasteiger partial charge in [0.1, 0.15) is 0 Å². The molecule has 25 heavy (non-hydrogen) atoms. The van der Waals surface area contributed by atoms with Crippen molar-refractivity contribution < 1.29 is 9.32 Å². The Morgan fingerprint density at radius 3 is 3.20 bits per heavy atom. The van der Waals surface area contributed by atoms with Crippen LogP contribution in [0.5, 0.6) is 0 Å². The lowest BCUT2D eigenvalue weighted by atomic mass is 10.2. The second kappa shape index (κ2) is 6.44. The highest BCUT2D eigenvalue weighted by atomic mass is 32.1. The van der Waals surface area contributed by atoms with Crippen molar-refractivity contribution in [3.05, 3.63) is 40.7 Å². The van der Waals surface area contributed by atoms with Gasteiger partial charge in [-0.1, -0.05) is 5.16 Å². The Morgan fingerprint density at radius 1 is 1.44 bits per heavy atom. The number of amides is 1. The summed E-state index contributed by atoms with van der Waals surface area (Å²) >= 11 is 1.57. The van der Waals surface area contributed by atoms with E-state index in [2.05, 4.69) is 30.6 Å². The summed E-state index contributed by atoms with van der Waals surface area (Å²) < 4.78 is 5.19. The topological polar surface area (TPSA) is 110 Å². The van der Waals surface area contributed by atoms with Crippen LogP contribution in [0.15, 0.2) is 33.6 Å². The van der Waals surface area contributed by atoms with Crippen molar-refractivity contribution in [2.75, 3.05) is 5.32 Å². The smallest absolute Gasteiger partial charge is 0.227 e. The molecule has 4 rings (SSSR count).